The lowest BCUT2D eigenvalue weighted by Gasteiger charge is -2.35. The normalized spacial score (nSPS) is 18.2. The molecule has 8 heteroatoms. The second-order valence-corrected chi connectivity index (χ2v) is 7.44. The lowest BCUT2D eigenvalue weighted by molar-refractivity contribution is -0.138. The van der Waals surface area contributed by atoms with Gasteiger partial charge in [-0.1, -0.05) is 12.1 Å². The molecule has 2 amide bonds. The molecular formula is C20H31N3O5. The van der Waals surface area contributed by atoms with Crippen LogP contribution in [0.15, 0.2) is 24.3 Å². The van der Waals surface area contributed by atoms with E-state index in [-0.39, 0.29) is 30.8 Å². The fourth-order valence-electron chi connectivity index (χ4n) is 3.12. The fraction of sp³-hybridized carbons (Fsp3) is 0.600. The van der Waals surface area contributed by atoms with Gasteiger partial charge in [0.1, 0.15) is 5.75 Å². The van der Waals surface area contributed by atoms with E-state index in [9.17, 15) is 9.59 Å². The number of nitrogens with zero attached hydrogens (tertiary/aromatic N) is 2. The van der Waals surface area contributed by atoms with E-state index in [1.807, 2.05) is 45.0 Å². The van der Waals surface area contributed by atoms with Crippen LogP contribution in [-0.2, 0) is 9.53 Å². The van der Waals surface area contributed by atoms with Crippen LogP contribution in [-0.4, -0.2) is 78.9 Å². The molecule has 156 valence electrons. The third-order valence-corrected chi connectivity index (χ3v) is 4.44. The summed E-state index contributed by atoms with van der Waals surface area (Å²) in [7, 11) is 1.73. The molecule has 0 radical (unpaired) electrons. The van der Waals surface area contributed by atoms with Gasteiger partial charge in [-0.15, -0.1) is 0 Å². The highest BCUT2D eigenvalue weighted by molar-refractivity contribution is 5.75. The number of carboxylic acids is 1. The smallest absolute Gasteiger partial charge is 0.318 e. The molecule has 2 rings (SSSR count). The Morgan fingerprint density at radius 2 is 2.00 bits per heavy atom. The largest absolute Gasteiger partial charge is 0.491 e. The third kappa shape index (κ3) is 7.01. The van der Waals surface area contributed by atoms with Crippen LogP contribution in [0.2, 0.25) is 0 Å². The van der Waals surface area contributed by atoms with E-state index in [0.717, 1.165) is 11.3 Å². The van der Waals surface area contributed by atoms with Crippen LogP contribution < -0.4 is 10.1 Å². The lowest BCUT2D eigenvalue weighted by Crippen LogP contribution is -2.52. The number of hydrogen-bond acceptors (Lipinski definition) is 5. The molecule has 0 aromatic heterocycles. The summed E-state index contributed by atoms with van der Waals surface area (Å²) in [5.41, 5.74) is 0.996. The maximum absolute atomic E-state index is 12.6. The van der Waals surface area contributed by atoms with Gasteiger partial charge >= 0.3 is 12.0 Å². The molecule has 2 unspecified atom stereocenters. The number of carboxylic acid groups (broad SMARTS) is 1. The van der Waals surface area contributed by atoms with E-state index < -0.39 is 5.97 Å². The number of carbonyl (C=O) groups excluding carboxylic acids is 1. The molecule has 1 aromatic rings. The number of aliphatic carboxylic acids is 1. The molecule has 1 saturated heterocycles. The number of benzene rings is 1. The van der Waals surface area contributed by atoms with Crippen molar-refractivity contribution in [1.82, 2.24) is 15.1 Å². The molecule has 0 aliphatic carbocycles. The number of nitrogens with one attached hydrogen (secondary N) is 1. The Labute approximate surface area is 166 Å². The Bertz CT molecular complexity index is 650. The molecule has 2 atom stereocenters. The summed E-state index contributed by atoms with van der Waals surface area (Å²) in [4.78, 5) is 26.8. The maximum atomic E-state index is 12.6. The number of morpholine rings is 1. The minimum Gasteiger partial charge on any atom is -0.491 e. The highest BCUT2D eigenvalue weighted by Gasteiger charge is 2.26. The number of hydrogen-bond donors (Lipinski definition) is 2. The molecule has 0 bridgehead atoms. The third-order valence-electron chi connectivity index (χ3n) is 4.44. The lowest BCUT2D eigenvalue weighted by atomic mass is 10.1. The zero-order chi connectivity index (χ0) is 20.7. The van der Waals surface area contributed by atoms with Crippen molar-refractivity contribution in [3.8, 4) is 5.75 Å². The average molecular weight is 393 g/mol. The van der Waals surface area contributed by atoms with Crippen LogP contribution in [0.25, 0.3) is 0 Å². The summed E-state index contributed by atoms with van der Waals surface area (Å²) in [5.74, 6) is -0.0784. The van der Waals surface area contributed by atoms with Crippen molar-refractivity contribution in [1.29, 1.82) is 0 Å². The van der Waals surface area contributed by atoms with Gasteiger partial charge < -0.3 is 24.8 Å². The second-order valence-electron chi connectivity index (χ2n) is 7.44. The summed E-state index contributed by atoms with van der Waals surface area (Å²) < 4.78 is 11.3. The Morgan fingerprint density at radius 1 is 1.32 bits per heavy atom. The SMILES string of the molecule is CC(C)Oc1ccc(C(C)NC(=O)N2CCOC(CN(C)CC(=O)O)C2)cc1. The average Bonchev–Trinajstić information content (AvgIpc) is 2.61. The van der Waals surface area contributed by atoms with Gasteiger partial charge in [-0.2, -0.15) is 0 Å². The van der Waals surface area contributed by atoms with Crippen molar-refractivity contribution in [2.24, 2.45) is 0 Å². The van der Waals surface area contributed by atoms with E-state index in [4.69, 9.17) is 14.6 Å². The zero-order valence-corrected chi connectivity index (χ0v) is 17.1. The topological polar surface area (TPSA) is 91.3 Å². The van der Waals surface area contributed by atoms with Crippen molar-refractivity contribution in [2.45, 2.75) is 39.0 Å². The highest BCUT2D eigenvalue weighted by atomic mass is 16.5. The first-order chi connectivity index (χ1) is 13.2. The van der Waals surface area contributed by atoms with Crippen molar-refractivity contribution >= 4 is 12.0 Å². The zero-order valence-electron chi connectivity index (χ0n) is 17.1. The number of rotatable bonds is 8. The van der Waals surface area contributed by atoms with Crippen molar-refractivity contribution in [3.63, 3.8) is 0 Å². The van der Waals surface area contributed by atoms with Gasteiger partial charge in [0.05, 0.1) is 31.4 Å². The van der Waals surface area contributed by atoms with Crippen molar-refractivity contribution < 1.29 is 24.2 Å². The van der Waals surface area contributed by atoms with Crippen molar-refractivity contribution in [3.05, 3.63) is 29.8 Å². The molecule has 28 heavy (non-hydrogen) atoms. The van der Waals surface area contributed by atoms with Gasteiger partial charge in [0, 0.05) is 19.6 Å². The summed E-state index contributed by atoms with van der Waals surface area (Å²) in [5, 5.41) is 11.9. The van der Waals surface area contributed by atoms with Crippen LogP contribution >= 0.6 is 0 Å². The second kappa shape index (κ2) is 10.3. The molecule has 0 saturated carbocycles. The summed E-state index contributed by atoms with van der Waals surface area (Å²) >= 11 is 0. The molecule has 2 N–H and O–H groups in total. The van der Waals surface area contributed by atoms with Gasteiger partial charge in [-0.25, -0.2) is 4.79 Å². The maximum Gasteiger partial charge on any atom is 0.318 e. The summed E-state index contributed by atoms with van der Waals surface area (Å²) in [6.45, 7) is 7.69. The molecule has 0 spiro atoms. The van der Waals surface area contributed by atoms with E-state index in [2.05, 4.69) is 5.32 Å². The van der Waals surface area contributed by atoms with E-state index in [0.29, 0.717) is 26.2 Å². The van der Waals surface area contributed by atoms with Crippen LogP contribution in [0.1, 0.15) is 32.4 Å². The van der Waals surface area contributed by atoms with Gasteiger partial charge in [-0.05, 0) is 45.5 Å². The minimum atomic E-state index is -0.883. The fourth-order valence-corrected chi connectivity index (χ4v) is 3.12. The first-order valence-electron chi connectivity index (χ1n) is 9.58. The molecular weight excluding hydrogens is 362 g/mol. The Kier molecular flexibility index (Phi) is 8.07. The predicted octanol–water partition coefficient (Wildman–Crippen LogP) is 1.96. The minimum absolute atomic E-state index is 0.0559. The standard InChI is InChI=1S/C20H31N3O5/c1-14(2)28-17-7-5-16(6-8-17)15(3)21-20(26)23-9-10-27-18(12-23)11-22(4)13-19(24)25/h5-8,14-15,18H,9-13H2,1-4H3,(H,21,26)(H,24,25). The van der Waals surface area contributed by atoms with E-state index in [1.54, 1.807) is 16.8 Å². The van der Waals surface area contributed by atoms with E-state index >= 15 is 0 Å². The molecule has 1 fully saturated rings. The first-order valence-corrected chi connectivity index (χ1v) is 9.58. The number of amides is 2. The molecule has 1 aliphatic heterocycles. The van der Waals surface area contributed by atoms with Crippen LogP contribution in [0, 0.1) is 0 Å². The van der Waals surface area contributed by atoms with Gasteiger partial charge in [0.2, 0.25) is 0 Å². The van der Waals surface area contributed by atoms with Gasteiger partial charge in [0.25, 0.3) is 0 Å². The number of ether oxygens (including phenoxy) is 2. The Hall–Kier alpha value is -2.32. The number of urea groups is 1. The van der Waals surface area contributed by atoms with Crippen molar-refractivity contribution in [2.75, 3.05) is 39.8 Å². The Morgan fingerprint density at radius 3 is 2.61 bits per heavy atom. The number of carbonyl (C=O) groups is 2. The highest BCUT2D eigenvalue weighted by Crippen LogP contribution is 2.19. The number of likely N-dealkylation sites (N-methyl/N-ethyl adjacent to an activating group) is 1. The molecule has 1 heterocycles. The summed E-state index contributed by atoms with van der Waals surface area (Å²) in [6, 6.07) is 7.42. The first kappa shape index (κ1) is 22.0. The van der Waals surface area contributed by atoms with E-state index in [1.165, 1.54) is 0 Å². The monoisotopic (exact) mass is 393 g/mol. The Balaban J connectivity index is 1.86. The predicted molar refractivity (Wildman–Crippen MR) is 106 cm³/mol. The van der Waals surface area contributed by atoms with Crippen LogP contribution in [0.5, 0.6) is 5.75 Å². The quantitative estimate of drug-likeness (QED) is 0.702. The summed E-state index contributed by atoms with van der Waals surface area (Å²) in [6.07, 6.45) is -0.0848. The molecule has 8 nitrogen and oxygen atoms in total. The van der Waals surface area contributed by atoms with Gasteiger partial charge in [0.15, 0.2) is 0 Å². The van der Waals surface area contributed by atoms with Crippen LogP contribution in [0.3, 0.4) is 0 Å². The van der Waals surface area contributed by atoms with Gasteiger partial charge in [-0.3, -0.25) is 9.69 Å². The molecule has 1 aliphatic rings. The molecule has 1 aromatic carbocycles. The van der Waals surface area contributed by atoms with Crippen LogP contribution in [0.4, 0.5) is 4.79 Å².